The lowest BCUT2D eigenvalue weighted by atomic mass is 9.94. The number of H-pyrrole nitrogens is 1. The molecule has 0 aromatic carbocycles. The molecule has 1 amide bonds. The van der Waals surface area contributed by atoms with Crippen LogP contribution in [0.3, 0.4) is 0 Å². The molecule has 3 N–H and O–H groups in total. The lowest BCUT2D eigenvalue weighted by Gasteiger charge is -2.22. The summed E-state index contributed by atoms with van der Waals surface area (Å²) >= 11 is 0. The normalized spacial score (nSPS) is 21.1. The van der Waals surface area contributed by atoms with Crippen LogP contribution in [0.5, 0.6) is 0 Å². The number of rotatable bonds is 5. The van der Waals surface area contributed by atoms with Crippen LogP contribution in [-0.4, -0.2) is 33.8 Å². The van der Waals surface area contributed by atoms with E-state index >= 15 is 0 Å². The first-order valence-electron chi connectivity index (χ1n) is 8.62. The maximum Gasteiger partial charge on any atom is 0.308 e. The Morgan fingerprint density at radius 3 is 2.46 bits per heavy atom. The highest BCUT2D eigenvalue weighted by Crippen LogP contribution is 2.25. The Labute approximate surface area is 142 Å². The topological polar surface area (TPSA) is 99.3 Å². The van der Waals surface area contributed by atoms with Gasteiger partial charge in [0.05, 0.1) is 5.92 Å². The summed E-state index contributed by atoms with van der Waals surface area (Å²) in [7, 11) is 0. The quantitative estimate of drug-likeness (QED) is 0.569. The van der Waals surface area contributed by atoms with Crippen LogP contribution in [0.15, 0.2) is 0 Å². The van der Waals surface area contributed by atoms with Crippen molar-refractivity contribution in [1.82, 2.24) is 10.3 Å². The van der Waals surface area contributed by atoms with Gasteiger partial charge in [-0.1, -0.05) is 26.2 Å². The van der Waals surface area contributed by atoms with Crippen molar-refractivity contribution in [3.05, 3.63) is 22.5 Å². The van der Waals surface area contributed by atoms with E-state index in [9.17, 15) is 19.5 Å². The van der Waals surface area contributed by atoms with Gasteiger partial charge in [-0.05, 0) is 38.7 Å². The third-order valence-corrected chi connectivity index (χ3v) is 4.87. The maximum absolute atomic E-state index is 12.7. The molecule has 1 aromatic heterocycles. The van der Waals surface area contributed by atoms with Gasteiger partial charge >= 0.3 is 5.97 Å². The smallest absolute Gasteiger partial charge is 0.308 e. The number of carboxylic acid groups (broad SMARTS) is 1. The number of amides is 1. The highest BCUT2D eigenvalue weighted by Gasteiger charge is 2.32. The number of Topliss-reactive ketones (excluding diaryl/α,β-unsaturated/α-hetero) is 1. The van der Waals surface area contributed by atoms with E-state index in [-0.39, 0.29) is 17.7 Å². The number of aliphatic carboxylic acids is 1. The number of carboxylic acids is 1. The van der Waals surface area contributed by atoms with Crippen LogP contribution in [-0.2, 0) is 11.2 Å². The van der Waals surface area contributed by atoms with Crippen LogP contribution in [0.1, 0.15) is 78.1 Å². The monoisotopic (exact) mass is 334 g/mol. The van der Waals surface area contributed by atoms with Gasteiger partial charge in [0.1, 0.15) is 5.69 Å². The van der Waals surface area contributed by atoms with E-state index in [2.05, 4.69) is 10.3 Å². The van der Waals surface area contributed by atoms with Gasteiger partial charge in [-0.2, -0.15) is 0 Å². The fourth-order valence-electron chi connectivity index (χ4n) is 3.72. The summed E-state index contributed by atoms with van der Waals surface area (Å²) in [6.07, 6.45) is 4.60. The van der Waals surface area contributed by atoms with Crippen LogP contribution in [0.4, 0.5) is 0 Å². The van der Waals surface area contributed by atoms with Crippen molar-refractivity contribution in [3.8, 4) is 0 Å². The zero-order chi connectivity index (χ0) is 17.9. The number of carbonyl (C=O) groups excluding carboxylic acids is 2. The standard InChI is InChI=1S/C18H26N2O4/c1-4-12-15(11(3)21)10(2)19-16(12)17(22)20-14-9-7-5-6-8-13(14)18(23)24/h13-14,19H,4-9H2,1-3H3,(H,20,22)(H,23,24)/t13-,14+/m1/s1. The first-order chi connectivity index (χ1) is 11.4. The highest BCUT2D eigenvalue weighted by molar-refractivity contribution is 6.02. The lowest BCUT2D eigenvalue weighted by Crippen LogP contribution is -2.43. The first kappa shape index (κ1) is 18.2. The van der Waals surface area contributed by atoms with Crippen LogP contribution < -0.4 is 5.32 Å². The molecule has 0 bridgehead atoms. The fourth-order valence-corrected chi connectivity index (χ4v) is 3.72. The molecule has 6 nitrogen and oxygen atoms in total. The predicted octanol–water partition coefficient (Wildman–Crippen LogP) is 2.85. The van der Waals surface area contributed by atoms with Crippen LogP contribution in [0, 0.1) is 12.8 Å². The zero-order valence-corrected chi connectivity index (χ0v) is 14.6. The van der Waals surface area contributed by atoms with Gasteiger partial charge in [0.2, 0.25) is 0 Å². The van der Waals surface area contributed by atoms with E-state index in [0.717, 1.165) is 19.3 Å². The summed E-state index contributed by atoms with van der Waals surface area (Å²) in [6.45, 7) is 5.17. The molecule has 2 rings (SSSR count). The van der Waals surface area contributed by atoms with E-state index in [1.54, 1.807) is 6.92 Å². The van der Waals surface area contributed by atoms with E-state index in [1.807, 2.05) is 6.92 Å². The minimum atomic E-state index is -0.856. The Hall–Kier alpha value is -2.11. The van der Waals surface area contributed by atoms with Crippen LogP contribution in [0.2, 0.25) is 0 Å². The number of aromatic amines is 1. The van der Waals surface area contributed by atoms with Crippen molar-refractivity contribution in [3.63, 3.8) is 0 Å². The summed E-state index contributed by atoms with van der Waals surface area (Å²) < 4.78 is 0. The third-order valence-electron chi connectivity index (χ3n) is 4.87. The van der Waals surface area contributed by atoms with Gasteiger partial charge in [0, 0.05) is 17.3 Å². The molecule has 0 saturated heterocycles. The minimum Gasteiger partial charge on any atom is -0.481 e. The molecule has 6 heteroatoms. The molecular weight excluding hydrogens is 308 g/mol. The minimum absolute atomic E-state index is 0.0717. The van der Waals surface area contributed by atoms with Crippen molar-refractivity contribution in [1.29, 1.82) is 0 Å². The lowest BCUT2D eigenvalue weighted by molar-refractivity contribution is -0.142. The first-order valence-corrected chi connectivity index (χ1v) is 8.62. The van der Waals surface area contributed by atoms with Crippen molar-refractivity contribution in [2.24, 2.45) is 5.92 Å². The van der Waals surface area contributed by atoms with Gasteiger partial charge in [0.15, 0.2) is 5.78 Å². The second-order valence-electron chi connectivity index (χ2n) is 6.55. The summed E-state index contributed by atoms with van der Waals surface area (Å²) in [5, 5.41) is 12.3. The highest BCUT2D eigenvalue weighted by atomic mass is 16.4. The largest absolute Gasteiger partial charge is 0.481 e. The number of carbonyl (C=O) groups is 3. The Bertz CT molecular complexity index is 648. The SMILES string of the molecule is CCc1c(C(=O)N[C@H]2CCCCC[C@H]2C(=O)O)[nH]c(C)c1C(C)=O. The summed E-state index contributed by atoms with van der Waals surface area (Å²) in [4.78, 5) is 39.1. The van der Waals surface area contributed by atoms with Gasteiger partial charge in [0.25, 0.3) is 5.91 Å². The molecule has 1 fully saturated rings. The van der Waals surface area contributed by atoms with E-state index in [0.29, 0.717) is 41.8 Å². The molecule has 1 aromatic rings. The second-order valence-corrected chi connectivity index (χ2v) is 6.55. The van der Waals surface area contributed by atoms with Crippen molar-refractivity contribution in [2.45, 2.75) is 65.3 Å². The number of hydrogen-bond acceptors (Lipinski definition) is 3. The predicted molar refractivity (Wildman–Crippen MR) is 90.4 cm³/mol. The summed E-state index contributed by atoms with van der Waals surface area (Å²) in [5.41, 5.74) is 2.34. The number of ketones is 1. The molecule has 2 atom stereocenters. The molecule has 1 aliphatic carbocycles. The van der Waals surface area contributed by atoms with E-state index < -0.39 is 11.9 Å². The number of nitrogens with one attached hydrogen (secondary N) is 2. The summed E-state index contributed by atoms with van der Waals surface area (Å²) in [6, 6.07) is -0.369. The van der Waals surface area contributed by atoms with E-state index in [1.165, 1.54) is 6.92 Å². The van der Waals surface area contributed by atoms with Gasteiger partial charge in [-0.3, -0.25) is 14.4 Å². The maximum atomic E-state index is 12.7. The average Bonchev–Trinajstić information content (AvgIpc) is 2.69. The summed E-state index contributed by atoms with van der Waals surface area (Å²) in [5.74, 6) is -1.80. The molecule has 24 heavy (non-hydrogen) atoms. The molecule has 0 unspecified atom stereocenters. The van der Waals surface area contributed by atoms with Crippen LogP contribution >= 0.6 is 0 Å². The van der Waals surface area contributed by atoms with Gasteiger partial charge < -0.3 is 15.4 Å². The van der Waals surface area contributed by atoms with Crippen LogP contribution in [0.25, 0.3) is 0 Å². The van der Waals surface area contributed by atoms with Gasteiger partial charge in [-0.25, -0.2) is 0 Å². The Balaban J connectivity index is 2.27. The second kappa shape index (κ2) is 7.64. The van der Waals surface area contributed by atoms with Crippen molar-refractivity contribution in [2.75, 3.05) is 0 Å². The number of hydrogen-bond donors (Lipinski definition) is 3. The molecule has 0 radical (unpaired) electrons. The Morgan fingerprint density at radius 1 is 1.21 bits per heavy atom. The molecule has 1 saturated carbocycles. The Morgan fingerprint density at radius 2 is 1.88 bits per heavy atom. The third kappa shape index (κ3) is 3.68. The average molecular weight is 334 g/mol. The molecular formula is C18H26N2O4. The number of aromatic nitrogens is 1. The molecule has 1 heterocycles. The zero-order valence-electron chi connectivity index (χ0n) is 14.6. The van der Waals surface area contributed by atoms with Gasteiger partial charge in [-0.15, -0.1) is 0 Å². The fraction of sp³-hybridized carbons (Fsp3) is 0.611. The van der Waals surface area contributed by atoms with E-state index in [4.69, 9.17) is 0 Å². The van der Waals surface area contributed by atoms with Crippen molar-refractivity contribution < 1.29 is 19.5 Å². The molecule has 132 valence electrons. The Kier molecular flexibility index (Phi) is 5.80. The van der Waals surface area contributed by atoms with Crippen molar-refractivity contribution >= 4 is 17.7 Å². The number of aryl methyl sites for hydroxylation is 1. The molecule has 1 aliphatic rings. The molecule has 0 spiro atoms. The molecule has 0 aliphatic heterocycles.